The Kier molecular flexibility index (Phi) is 4.48. The van der Waals surface area contributed by atoms with Gasteiger partial charge in [-0.25, -0.2) is 0 Å². The molecule has 2 rings (SSSR count). The van der Waals surface area contributed by atoms with Crippen molar-refractivity contribution in [2.75, 3.05) is 0 Å². The van der Waals surface area contributed by atoms with Crippen molar-refractivity contribution in [3.8, 4) is 0 Å². The van der Waals surface area contributed by atoms with E-state index in [0.29, 0.717) is 17.0 Å². The van der Waals surface area contributed by atoms with Crippen molar-refractivity contribution in [1.82, 2.24) is 4.98 Å². The molecule has 0 N–H and O–H groups in total. The molecule has 1 aromatic heterocycles. The van der Waals surface area contributed by atoms with Crippen LogP contribution in [0.1, 0.15) is 47.7 Å². The second-order valence-corrected chi connectivity index (χ2v) is 5.57. The molecule has 2 aromatic rings. The lowest BCUT2D eigenvalue weighted by molar-refractivity contribution is 0.103. The average molecular weight is 318 g/mol. The van der Waals surface area contributed by atoms with Gasteiger partial charge in [0.1, 0.15) is 0 Å². The molecule has 1 heterocycles. The molecule has 98 valence electrons. The van der Waals surface area contributed by atoms with E-state index in [9.17, 15) is 4.79 Å². The molecule has 0 aliphatic rings. The zero-order chi connectivity index (χ0) is 13.8. The van der Waals surface area contributed by atoms with Gasteiger partial charge in [-0.1, -0.05) is 38.1 Å². The fraction of sp³-hybridized carbons (Fsp3) is 0.250. The van der Waals surface area contributed by atoms with Crippen molar-refractivity contribution in [1.29, 1.82) is 0 Å². The predicted octanol–water partition coefficient (Wildman–Crippen LogP) is 4.59. The van der Waals surface area contributed by atoms with Crippen LogP contribution >= 0.6 is 15.9 Å². The normalized spacial score (nSPS) is 12.2. The Morgan fingerprint density at radius 3 is 2.47 bits per heavy atom. The van der Waals surface area contributed by atoms with Crippen molar-refractivity contribution in [3.63, 3.8) is 0 Å². The maximum absolute atomic E-state index is 12.3. The van der Waals surface area contributed by atoms with Crippen LogP contribution in [0.4, 0.5) is 0 Å². The standard InChI is InChI=1S/C16H16BrNO/c1-3-11(2)12-4-6-13(7-5-12)16(19)14-8-15(17)10-18-9-14/h4-11H,3H2,1-2H3. The Labute approximate surface area is 122 Å². The Morgan fingerprint density at radius 1 is 1.21 bits per heavy atom. The molecule has 1 unspecified atom stereocenters. The van der Waals surface area contributed by atoms with Crippen LogP contribution in [0.2, 0.25) is 0 Å². The molecule has 0 aliphatic heterocycles. The molecular formula is C16H16BrNO. The first kappa shape index (κ1) is 13.9. The summed E-state index contributed by atoms with van der Waals surface area (Å²) < 4.78 is 0.814. The van der Waals surface area contributed by atoms with E-state index in [-0.39, 0.29) is 5.78 Å². The van der Waals surface area contributed by atoms with Crippen molar-refractivity contribution in [2.45, 2.75) is 26.2 Å². The van der Waals surface area contributed by atoms with Crippen LogP contribution in [-0.4, -0.2) is 10.8 Å². The third-order valence-corrected chi connectivity index (χ3v) is 3.76. The molecule has 1 aromatic carbocycles. The maximum Gasteiger partial charge on any atom is 0.194 e. The summed E-state index contributed by atoms with van der Waals surface area (Å²) in [5, 5.41) is 0. The van der Waals surface area contributed by atoms with Gasteiger partial charge in [0, 0.05) is 28.0 Å². The summed E-state index contributed by atoms with van der Waals surface area (Å²) in [7, 11) is 0. The minimum atomic E-state index is 0.00417. The molecule has 0 fully saturated rings. The molecule has 0 saturated heterocycles. The van der Waals surface area contributed by atoms with E-state index in [1.807, 2.05) is 24.3 Å². The topological polar surface area (TPSA) is 30.0 Å². The molecule has 3 heteroatoms. The van der Waals surface area contributed by atoms with E-state index < -0.39 is 0 Å². The Hall–Kier alpha value is -1.48. The largest absolute Gasteiger partial charge is 0.289 e. The van der Waals surface area contributed by atoms with Crippen molar-refractivity contribution < 1.29 is 4.79 Å². The van der Waals surface area contributed by atoms with Gasteiger partial charge < -0.3 is 0 Å². The molecule has 0 bridgehead atoms. The molecule has 0 amide bonds. The first-order chi connectivity index (χ1) is 9.11. The minimum Gasteiger partial charge on any atom is -0.289 e. The van der Waals surface area contributed by atoms with E-state index in [1.165, 1.54) is 5.56 Å². The smallest absolute Gasteiger partial charge is 0.194 e. The van der Waals surface area contributed by atoms with E-state index in [0.717, 1.165) is 10.9 Å². The van der Waals surface area contributed by atoms with Crippen LogP contribution in [0.5, 0.6) is 0 Å². The van der Waals surface area contributed by atoms with Gasteiger partial charge in [-0.05, 0) is 39.9 Å². The summed E-state index contributed by atoms with van der Waals surface area (Å²) >= 11 is 3.33. The fourth-order valence-corrected chi connectivity index (χ4v) is 2.27. The number of ketones is 1. The van der Waals surface area contributed by atoms with Crippen molar-refractivity contribution >= 4 is 21.7 Å². The Balaban J connectivity index is 2.25. The van der Waals surface area contributed by atoms with E-state index in [1.54, 1.807) is 18.5 Å². The fourth-order valence-electron chi connectivity index (χ4n) is 1.90. The van der Waals surface area contributed by atoms with Crippen molar-refractivity contribution in [3.05, 3.63) is 63.9 Å². The number of hydrogen-bond donors (Lipinski definition) is 0. The number of pyridine rings is 1. The van der Waals surface area contributed by atoms with Crippen LogP contribution in [0.25, 0.3) is 0 Å². The van der Waals surface area contributed by atoms with Crippen LogP contribution in [0, 0.1) is 0 Å². The lowest BCUT2D eigenvalue weighted by Crippen LogP contribution is -2.02. The van der Waals surface area contributed by atoms with Gasteiger partial charge in [0.05, 0.1) is 0 Å². The lowest BCUT2D eigenvalue weighted by atomic mass is 9.96. The first-order valence-electron chi connectivity index (χ1n) is 6.37. The highest BCUT2D eigenvalue weighted by Gasteiger charge is 2.10. The number of hydrogen-bond acceptors (Lipinski definition) is 2. The highest BCUT2D eigenvalue weighted by molar-refractivity contribution is 9.10. The summed E-state index contributed by atoms with van der Waals surface area (Å²) in [6.45, 7) is 4.35. The molecule has 0 spiro atoms. The van der Waals surface area contributed by atoms with Crippen LogP contribution in [0.3, 0.4) is 0 Å². The summed E-state index contributed by atoms with van der Waals surface area (Å²) in [6.07, 6.45) is 4.36. The molecule has 19 heavy (non-hydrogen) atoms. The van der Waals surface area contributed by atoms with Crippen LogP contribution in [0.15, 0.2) is 47.2 Å². The summed E-state index contributed by atoms with van der Waals surface area (Å²) in [6, 6.07) is 9.65. The summed E-state index contributed by atoms with van der Waals surface area (Å²) in [5.74, 6) is 0.529. The third kappa shape index (κ3) is 3.29. The third-order valence-electron chi connectivity index (χ3n) is 3.32. The highest BCUT2D eigenvalue weighted by atomic mass is 79.9. The first-order valence-corrected chi connectivity index (χ1v) is 7.16. The van der Waals surface area contributed by atoms with Gasteiger partial charge in [-0.15, -0.1) is 0 Å². The quantitative estimate of drug-likeness (QED) is 0.772. The van der Waals surface area contributed by atoms with Gasteiger partial charge in [0.2, 0.25) is 0 Å². The number of rotatable bonds is 4. The van der Waals surface area contributed by atoms with Gasteiger partial charge in [-0.3, -0.25) is 9.78 Å². The number of carbonyl (C=O) groups excluding carboxylic acids is 1. The van der Waals surface area contributed by atoms with Gasteiger partial charge >= 0.3 is 0 Å². The molecule has 0 radical (unpaired) electrons. The van der Waals surface area contributed by atoms with E-state index in [4.69, 9.17) is 0 Å². The summed E-state index contributed by atoms with van der Waals surface area (Å²) in [5.41, 5.74) is 2.57. The molecule has 1 atom stereocenters. The monoisotopic (exact) mass is 317 g/mol. The second kappa shape index (κ2) is 6.11. The maximum atomic E-state index is 12.3. The Bertz CT molecular complexity index is 578. The van der Waals surface area contributed by atoms with Gasteiger partial charge in [0.25, 0.3) is 0 Å². The van der Waals surface area contributed by atoms with Gasteiger partial charge in [0.15, 0.2) is 5.78 Å². The second-order valence-electron chi connectivity index (χ2n) is 4.65. The highest BCUT2D eigenvalue weighted by Crippen LogP contribution is 2.20. The number of benzene rings is 1. The number of carbonyl (C=O) groups is 1. The van der Waals surface area contributed by atoms with Gasteiger partial charge in [-0.2, -0.15) is 0 Å². The van der Waals surface area contributed by atoms with Crippen LogP contribution in [-0.2, 0) is 0 Å². The number of nitrogens with zero attached hydrogens (tertiary/aromatic N) is 1. The van der Waals surface area contributed by atoms with E-state index in [2.05, 4.69) is 34.8 Å². The van der Waals surface area contributed by atoms with Crippen LogP contribution < -0.4 is 0 Å². The SMILES string of the molecule is CCC(C)c1ccc(C(=O)c2cncc(Br)c2)cc1. The molecule has 0 aliphatic carbocycles. The zero-order valence-electron chi connectivity index (χ0n) is 11.1. The molecular weight excluding hydrogens is 302 g/mol. The number of aromatic nitrogens is 1. The van der Waals surface area contributed by atoms with E-state index >= 15 is 0 Å². The molecule has 0 saturated carbocycles. The zero-order valence-corrected chi connectivity index (χ0v) is 12.6. The van der Waals surface area contributed by atoms with Crippen molar-refractivity contribution in [2.24, 2.45) is 0 Å². The molecule has 2 nitrogen and oxygen atoms in total. The summed E-state index contributed by atoms with van der Waals surface area (Å²) in [4.78, 5) is 16.3. The average Bonchev–Trinajstić information content (AvgIpc) is 2.46. The Morgan fingerprint density at radius 2 is 1.89 bits per heavy atom. The predicted molar refractivity (Wildman–Crippen MR) is 80.5 cm³/mol. The minimum absolute atomic E-state index is 0.00417. The lowest BCUT2D eigenvalue weighted by Gasteiger charge is -2.09. The number of halogens is 1.